The summed E-state index contributed by atoms with van der Waals surface area (Å²) in [5, 5.41) is 2.54. The molecule has 0 aliphatic rings. The molecular formula is C17H22N4O3. The van der Waals surface area contributed by atoms with Gasteiger partial charge in [0.25, 0.3) is 0 Å². The van der Waals surface area contributed by atoms with Gasteiger partial charge in [0.1, 0.15) is 17.7 Å². The summed E-state index contributed by atoms with van der Waals surface area (Å²) in [4.78, 5) is 24.2. The monoisotopic (exact) mass is 330 g/mol. The zero-order valence-corrected chi connectivity index (χ0v) is 14.6. The number of amides is 1. The van der Waals surface area contributed by atoms with E-state index < -0.39 is 11.7 Å². The van der Waals surface area contributed by atoms with Gasteiger partial charge in [-0.25, -0.2) is 14.8 Å². The van der Waals surface area contributed by atoms with Crippen molar-refractivity contribution in [2.45, 2.75) is 40.2 Å². The molecule has 0 aliphatic heterocycles. The second-order valence-corrected chi connectivity index (χ2v) is 6.35. The van der Waals surface area contributed by atoms with Gasteiger partial charge in [-0.15, -0.1) is 0 Å². The van der Waals surface area contributed by atoms with Crippen molar-refractivity contribution in [3.63, 3.8) is 0 Å². The predicted octanol–water partition coefficient (Wildman–Crippen LogP) is 3.02. The standard InChI is InChI=1S/C17H22N4O3/c1-11-6-13(14-7-12(2)19-9-20-14)18-8-15(11)23-10-21-16(22)24-17(3,4)5/h6-9H,10H2,1-5H3,(H,21,22). The van der Waals surface area contributed by atoms with Crippen molar-refractivity contribution in [2.75, 3.05) is 6.73 Å². The Balaban J connectivity index is 1.97. The van der Waals surface area contributed by atoms with E-state index >= 15 is 0 Å². The first kappa shape index (κ1) is 17.7. The summed E-state index contributed by atoms with van der Waals surface area (Å²) >= 11 is 0. The molecule has 24 heavy (non-hydrogen) atoms. The van der Waals surface area contributed by atoms with Crippen LogP contribution in [0.2, 0.25) is 0 Å². The van der Waals surface area contributed by atoms with Crippen LogP contribution >= 0.6 is 0 Å². The van der Waals surface area contributed by atoms with Crippen LogP contribution in [0.5, 0.6) is 5.75 Å². The highest BCUT2D eigenvalue weighted by atomic mass is 16.6. The molecule has 0 aliphatic carbocycles. The van der Waals surface area contributed by atoms with Crippen LogP contribution in [-0.4, -0.2) is 33.4 Å². The Morgan fingerprint density at radius 2 is 1.83 bits per heavy atom. The number of carbonyl (C=O) groups excluding carboxylic acids is 1. The predicted molar refractivity (Wildman–Crippen MR) is 89.6 cm³/mol. The molecule has 7 heteroatoms. The van der Waals surface area contributed by atoms with E-state index in [0.29, 0.717) is 5.75 Å². The fourth-order valence-corrected chi connectivity index (χ4v) is 1.92. The summed E-state index contributed by atoms with van der Waals surface area (Å²) in [7, 11) is 0. The summed E-state index contributed by atoms with van der Waals surface area (Å²) in [6.45, 7) is 9.21. The number of hydrogen-bond acceptors (Lipinski definition) is 6. The molecule has 0 saturated heterocycles. The maximum absolute atomic E-state index is 11.6. The van der Waals surface area contributed by atoms with Crippen molar-refractivity contribution in [1.29, 1.82) is 0 Å². The number of nitrogens with zero attached hydrogens (tertiary/aromatic N) is 3. The summed E-state index contributed by atoms with van der Waals surface area (Å²) < 4.78 is 10.7. The third kappa shape index (κ3) is 5.19. The first-order valence-electron chi connectivity index (χ1n) is 7.60. The second-order valence-electron chi connectivity index (χ2n) is 6.35. The minimum atomic E-state index is -0.543. The lowest BCUT2D eigenvalue weighted by atomic mass is 10.2. The van der Waals surface area contributed by atoms with Crippen LogP contribution < -0.4 is 10.1 Å². The molecule has 128 valence electrons. The van der Waals surface area contributed by atoms with Crippen LogP contribution in [0.1, 0.15) is 32.0 Å². The van der Waals surface area contributed by atoms with Gasteiger partial charge in [-0.05, 0) is 52.3 Å². The third-order valence-corrected chi connectivity index (χ3v) is 2.97. The normalized spacial score (nSPS) is 11.0. The Morgan fingerprint density at radius 3 is 2.46 bits per heavy atom. The van der Waals surface area contributed by atoms with E-state index in [-0.39, 0.29) is 6.73 Å². The number of pyridine rings is 1. The Bertz CT molecular complexity index is 726. The van der Waals surface area contributed by atoms with Gasteiger partial charge in [0.15, 0.2) is 6.73 Å². The minimum Gasteiger partial charge on any atom is -0.471 e. The van der Waals surface area contributed by atoms with Crippen LogP contribution in [0.4, 0.5) is 4.79 Å². The van der Waals surface area contributed by atoms with E-state index in [1.807, 2.05) is 26.0 Å². The zero-order chi connectivity index (χ0) is 17.7. The van der Waals surface area contributed by atoms with Gasteiger partial charge < -0.3 is 9.47 Å². The van der Waals surface area contributed by atoms with Gasteiger partial charge in [-0.3, -0.25) is 10.3 Å². The zero-order valence-electron chi connectivity index (χ0n) is 14.6. The molecule has 0 aromatic carbocycles. The molecule has 1 N–H and O–H groups in total. The molecule has 0 radical (unpaired) electrons. The Hall–Kier alpha value is -2.70. The number of hydrogen-bond donors (Lipinski definition) is 1. The highest BCUT2D eigenvalue weighted by Crippen LogP contribution is 2.22. The Labute approximate surface area is 141 Å². The minimum absolute atomic E-state index is 0.00337. The maximum Gasteiger partial charge on any atom is 0.410 e. The Kier molecular flexibility index (Phi) is 5.33. The smallest absolute Gasteiger partial charge is 0.410 e. The quantitative estimate of drug-likeness (QED) is 0.867. The van der Waals surface area contributed by atoms with Crippen LogP contribution in [0, 0.1) is 13.8 Å². The highest BCUT2D eigenvalue weighted by molar-refractivity contribution is 5.67. The average Bonchev–Trinajstić information content (AvgIpc) is 2.47. The first-order chi connectivity index (χ1) is 11.2. The molecule has 2 aromatic heterocycles. The van der Waals surface area contributed by atoms with Gasteiger partial charge >= 0.3 is 6.09 Å². The summed E-state index contributed by atoms with van der Waals surface area (Å²) in [6.07, 6.45) is 2.59. The fraction of sp³-hybridized carbons (Fsp3) is 0.412. The number of alkyl carbamates (subject to hydrolysis) is 1. The van der Waals surface area contributed by atoms with E-state index in [4.69, 9.17) is 9.47 Å². The number of rotatable bonds is 4. The molecule has 0 atom stereocenters. The largest absolute Gasteiger partial charge is 0.471 e. The van der Waals surface area contributed by atoms with Crippen molar-refractivity contribution >= 4 is 6.09 Å². The van der Waals surface area contributed by atoms with Crippen molar-refractivity contribution in [2.24, 2.45) is 0 Å². The maximum atomic E-state index is 11.6. The van der Waals surface area contributed by atoms with Crippen LogP contribution in [0.15, 0.2) is 24.7 Å². The molecule has 2 aromatic rings. The Morgan fingerprint density at radius 1 is 1.12 bits per heavy atom. The number of nitrogens with one attached hydrogen (secondary N) is 1. The van der Waals surface area contributed by atoms with Crippen molar-refractivity contribution in [3.05, 3.63) is 35.9 Å². The van der Waals surface area contributed by atoms with Crippen molar-refractivity contribution < 1.29 is 14.3 Å². The van der Waals surface area contributed by atoms with Crippen LogP contribution in [0.25, 0.3) is 11.4 Å². The van der Waals surface area contributed by atoms with Crippen molar-refractivity contribution in [3.8, 4) is 17.1 Å². The van der Waals surface area contributed by atoms with Gasteiger partial charge in [-0.2, -0.15) is 0 Å². The number of aryl methyl sites for hydroxylation is 2. The second kappa shape index (κ2) is 7.25. The van der Waals surface area contributed by atoms with Crippen LogP contribution in [-0.2, 0) is 4.74 Å². The molecule has 0 saturated carbocycles. The van der Waals surface area contributed by atoms with E-state index in [0.717, 1.165) is 22.6 Å². The van der Waals surface area contributed by atoms with E-state index in [2.05, 4.69) is 20.3 Å². The lowest BCUT2D eigenvalue weighted by molar-refractivity contribution is 0.0485. The number of carbonyl (C=O) groups is 1. The molecule has 1 amide bonds. The SMILES string of the molecule is Cc1cc(-c2cc(C)c(OCNC(=O)OC(C)(C)C)cn2)ncn1. The first-order valence-corrected chi connectivity index (χ1v) is 7.60. The fourth-order valence-electron chi connectivity index (χ4n) is 1.92. The van der Waals surface area contributed by atoms with Gasteiger partial charge in [-0.1, -0.05) is 0 Å². The van der Waals surface area contributed by atoms with Gasteiger partial charge in [0.05, 0.1) is 17.6 Å². The molecule has 0 spiro atoms. The summed E-state index contributed by atoms with van der Waals surface area (Å²) in [6, 6.07) is 3.75. The van der Waals surface area contributed by atoms with Gasteiger partial charge in [0.2, 0.25) is 0 Å². The molecule has 7 nitrogen and oxygen atoms in total. The lowest BCUT2D eigenvalue weighted by Crippen LogP contribution is -2.34. The average molecular weight is 330 g/mol. The molecule has 0 bridgehead atoms. The molecule has 0 unspecified atom stereocenters. The number of aromatic nitrogens is 3. The molecular weight excluding hydrogens is 308 g/mol. The van der Waals surface area contributed by atoms with E-state index in [1.54, 1.807) is 27.0 Å². The number of ether oxygens (including phenoxy) is 2. The lowest BCUT2D eigenvalue weighted by Gasteiger charge is -2.19. The molecule has 0 fully saturated rings. The summed E-state index contributed by atoms with van der Waals surface area (Å²) in [5.74, 6) is 0.584. The van der Waals surface area contributed by atoms with E-state index in [9.17, 15) is 4.79 Å². The van der Waals surface area contributed by atoms with E-state index in [1.165, 1.54) is 6.33 Å². The van der Waals surface area contributed by atoms with Gasteiger partial charge in [0, 0.05) is 5.69 Å². The summed E-state index contributed by atoms with van der Waals surface area (Å²) in [5.41, 5.74) is 2.72. The van der Waals surface area contributed by atoms with Crippen LogP contribution in [0.3, 0.4) is 0 Å². The third-order valence-electron chi connectivity index (χ3n) is 2.97. The molecule has 2 heterocycles. The highest BCUT2D eigenvalue weighted by Gasteiger charge is 2.15. The van der Waals surface area contributed by atoms with Crippen molar-refractivity contribution in [1.82, 2.24) is 20.3 Å². The molecule has 2 rings (SSSR count). The topological polar surface area (TPSA) is 86.2 Å².